The van der Waals surface area contributed by atoms with Crippen LogP contribution in [-0.2, 0) is 16.0 Å². The van der Waals surface area contributed by atoms with Crippen LogP contribution in [-0.4, -0.2) is 22.0 Å². The van der Waals surface area contributed by atoms with Crippen molar-refractivity contribution in [3.63, 3.8) is 0 Å². The molecule has 14 heavy (non-hydrogen) atoms. The summed E-state index contributed by atoms with van der Waals surface area (Å²) in [5.41, 5.74) is -0.615. The normalized spacial score (nSPS) is 11.1. The van der Waals surface area contributed by atoms with Crippen LogP contribution in [0.4, 0.5) is 0 Å². The topological polar surface area (TPSA) is 52.1 Å². The number of halogens is 1. The van der Waals surface area contributed by atoms with Gasteiger partial charge in [-0.3, -0.25) is 0 Å². The van der Waals surface area contributed by atoms with Gasteiger partial charge in [-0.05, 0) is 29.8 Å². The van der Waals surface area contributed by atoms with Crippen molar-refractivity contribution in [2.24, 2.45) is 0 Å². The lowest BCUT2D eigenvalue weighted by Crippen LogP contribution is -2.27. The predicted molar refractivity (Wildman–Crippen MR) is 54.3 cm³/mol. The quantitative estimate of drug-likeness (QED) is 0.823. The molecule has 0 aromatic carbocycles. The van der Waals surface area contributed by atoms with Gasteiger partial charge in [-0.15, -0.1) is 0 Å². The molecule has 0 aliphatic heterocycles. The van der Waals surface area contributed by atoms with Crippen molar-refractivity contribution in [1.82, 2.24) is 9.97 Å². The average Bonchev–Trinajstić information content (AvgIpc) is 2.08. The Balaban J connectivity index is 2.68. The monoisotopic (exact) mass is 257 g/mol. The van der Waals surface area contributed by atoms with Crippen molar-refractivity contribution in [2.75, 3.05) is 0 Å². The molecule has 4 nitrogen and oxygen atoms in total. The van der Waals surface area contributed by atoms with E-state index < -0.39 is 5.60 Å². The minimum absolute atomic E-state index is 0.468. The van der Waals surface area contributed by atoms with Gasteiger partial charge in [-0.25, -0.2) is 14.8 Å². The number of hydrogen-bond acceptors (Lipinski definition) is 4. The number of carbonyl (C=O) groups excluding carboxylic acids is 1. The minimum atomic E-state index is -0.615. The van der Waals surface area contributed by atoms with Crippen LogP contribution < -0.4 is 0 Å². The van der Waals surface area contributed by atoms with E-state index in [4.69, 9.17) is 4.74 Å². The van der Waals surface area contributed by atoms with Gasteiger partial charge < -0.3 is 4.74 Å². The van der Waals surface area contributed by atoms with Crippen molar-refractivity contribution in [3.05, 3.63) is 22.7 Å². The summed E-state index contributed by atoms with van der Waals surface area (Å²) in [4.78, 5) is 18.2. The molecule has 5 heteroatoms. The maximum atomic E-state index is 10.1. The molecule has 75 valence electrons. The second kappa shape index (κ2) is 4.50. The molecule has 1 rings (SSSR count). The Hall–Kier alpha value is -0.970. The number of aromatic nitrogens is 2. The van der Waals surface area contributed by atoms with Crippen LogP contribution in [0.1, 0.15) is 19.7 Å². The number of nitrogens with zero attached hydrogens (tertiary/aromatic N) is 2. The molecular formula is C9H10BrN2O2. The molecule has 0 bridgehead atoms. The summed E-state index contributed by atoms with van der Waals surface area (Å²) in [6.45, 7) is 4.99. The van der Waals surface area contributed by atoms with Gasteiger partial charge in [0.25, 0.3) is 0 Å². The fraction of sp³-hybridized carbons (Fsp3) is 0.444. The zero-order chi connectivity index (χ0) is 10.6. The van der Waals surface area contributed by atoms with E-state index in [1.54, 1.807) is 26.2 Å². The van der Waals surface area contributed by atoms with Crippen molar-refractivity contribution < 1.29 is 9.53 Å². The van der Waals surface area contributed by atoms with Crippen LogP contribution in [0.25, 0.3) is 0 Å². The van der Waals surface area contributed by atoms with Gasteiger partial charge in [-0.2, -0.15) is 0 Å². The van der Waals surface area contributed by atoms with Gasteiger partial charge in [0.15, 0.2) is 0 Å². The molecule has 0 saturated carbocycles. The summed E-state index contributed by atoms with van der Waals surface area (Å²) >= 11 is 3.24. The second-order valence-electron chi connectivity index (χ2n) is 3.44. The molecule has 0 spiro atoms. The van der Waals surface area contributed by atoms with Gasteiger partial charge in [-0.1, -0.05) is 0 Å². The lowest BCUT2D eigenvalue weighted by molar-refractivity contribution is 0.0876. The van der Waals surface area contributed by atoms with E-state index in [1.165, 1.54) is 6.47 Å². The van der Waals surface area contributed by atoms with Crippen LogP contribution in [0.5, 0.6) is 0 Å². The van der Waals surface area contributed by atoms with E-state index in [9.17, 15) is 4.79 Å². The highest BCUT2D eigenvalue weighted by Gasteiger charge is 2.21. The van der Waals surface area contributed by atoms with Gasteiger partial charge in [0.05, 0.1) is 4.47 Å². The Labute approximate surface area is 90.8 Å². The van der Waals surface area contributed by atoms with Gasteiger partial charge in [0.1, 0.15) is 11.4 Å². The third-order valence-corrected chi connectivity index (χ3v) is 1.99. The summed E-state index contributed by atoms with van der Waals surface area (Å²) in [6.07, 6.45) is 3.78. The predicted octanol–water partition coefficient (Wildman–Crippen LogP) is 1.64. The maximum absolute atomic E-state index is 10.1. The third-order valence-electron chi connectivity index (χ3n) is 1.58. The largest absolute Gasteiger partial charge is 0.451 e. The third kappa shape index (κ3) is 3.41. The molecule has 1 aromatic heterocycles. The molecule has 0 atom stereocenters. The van der Waals surface area contributed by atoms with Crippen molar-refractivity contribution in [3.8, 4) is 0 Å². The number of ether oxygens (including phenoxy) is 1. The van der Waals surface area contributed by atoms with E-state index in [0.717, 1.165) is 4.47 Å². The first kappa shape index (κ1) is 11.1. The molecule has 0 unspecified atom stereocenters. The van der Waals surface area contributed by atoms with Crippen molar-refractivity contribution in [2.45, 2.75) is 25.9 Å². The number of hydrogen-bond donors (Lipinski definition) is 0. The molecule has 0 aliphatic rings. The minimum Gasteiger partial charge on any atom is -0.451 e. The fourth-order valence-electron chi connectivity index (χ4n) is 0.960. The molecule has 1 radical (unpaired) electrons. The molecule has 0 aliphatic carbocycles. The molecular weight excluding hydrogens is 248 g/mol. The summed E-state index contributed by atoms with van der Waals surface area (Å²) in [5.74, 6) is 0.633. The van der Waals surface area contributed by atoms with Crippen LogP contribution in [0.3, 0.4) is 0 Å². The molecule has 1 heterocycles. The summed E-state index contributed by atoms with van der Waals surface area (Å²) in [6, 6.07) is 0. The zero-order valence-corrected chi connectivity index (χ0v) is 9.54. The lowest BCUT2D eigenvalue weighted by Gasteiger charge is -2.20. The Morgan fingerprint density at radius 1 is 1.50 bits per heavy atom. The van der Waals surface area contributed by atoms with E-state index in [0.29, 0.717) is 12.2 Å². The van der Waals surface area contributed by atoms with Crippen LogP contribution in [0.15, 0.2) is 16.9 Å². The van der Waals surface area contributed by atoms with Crippen LogP contribution in [0, 0.1) is 0 Å². The molecule has 1 aromatic rings. The van der Waals surface area contributed by atoms with Gasteiger partial charge in [0, 0.05) is 18.8 Å². The second-order valence-corrected chi connectivity index (χ2v) is 4.36. The Kier molecular flexibility index (Phi) is 3.57. The zero-order valence-electron chi connectivity index (χ0n) is 7.95. The van der Waals surface area contributed by atoms with Gasteiger partial charge in [0.2, 0.25) is 0 Å². The summed E-state index contributed by atoms with van der Waals surface area (Å²) < 4.78 is 5.59. The Morgan fingerprint density at radius 3 is 2.57 bits per heavy atom. The highest BCUT2D eigenvalue weighted by Crippen LogP contribution is 2.14. The lowest BCUT2D eigenvalue weighted by atomic mass is 10.1. The van der Waals surface area contributed by atoms with E-state index in [2.05, 4.69) is 25.9 Å². The SMILES string of the molecule is CC(C)(Cc1ncc(Br)cn1)O[C]=O. The molecule has 0 amide bonds. The molecule has 0 saturated heterocycles. The van der Waals surface area contributed by atoms with E-state index in [1.807, 2.05) is 0 Å². The Morgan fingerprint density at radius 2 is 2.07 bits per heavy atom. The van der Waals surface area contributed by atoms with Crippen LogP contribution in [0.2, 0.25) is 0 Å². The first-order valence-corrected chi connectivity index (χ1v) is 4.84. The highest BCUT2D eigenvalue weighted by molar-refractivity contribution is 9.10. The Bertz CT molecular complexity index is 311. The van der Waals surface area contributed by atoms with E-state index >= 15 is 0 Å². The summed E-state index contributed by atoms with van der Waals surface area (Å²) in [7, 11) is 0. The molecule has 0 N–H and O–H groups in total. The fourth-order valence-corrected chi connectivity index (χ4v) is 1.16. The number of rotatable bonds is 4. The average molecular weight is 258 g/mol. The first-order valence-electron chi connectivity index (χ1n) is 4.05. The smallest absolute Gasteiger partial charge is 0.418 e. The highest BCUT2D eigenvalue weighted by atomic mass is 79.9. The summed E-state index contributed by atoms with van der Waals surface area (Å²) in [5, 5.41) is 0. The van der Waals surface area contributed by atoms with Gasteiger partial charge >= 0.3 is 6.47 Å². The van der Waals surface area contributed by atoms with Crippen LogP contribution >= 0.6 is 15.9 Å². The maximum Gasteiger partial charge on any atom is 0.418 e. The standard InChI is InChI=1S/C9H10BrN2O2/c1-9(2,14-6-13)3-8-11-4-7(10)5-12-8/h4-5H,3H2,1-2H3. The molecule has 0 fully saturated rings. The van der Waals surface area contributed by atoms with Crippen molar-refractivity contribution in [1.29, 1.82) is 0 Å². The first-order chi connectivity index (χ1) is 6.53. The van der Waals surface area contributed by atoms with E-state index in [-0.39, 0.29) is 0 Å². The van der Waals surface area contributed by atoms with Crippen molar-refractivity contribution >= 4 is 22.4 Å².